The van der Waals surface area contributed by atoms with Gasteiger partial charge in [-0.1, -0.05) is 12.1 Å². The molecule has 0 spiro atoms. The molecular weight excluding hydrogens is 212 g/mol. The highest BCUT2D eigenvalue weighted by molar-refractivity contribution is 5.73. The van der Waals surface area contributed by atoms with E-state index in [1.54, 1.807) is 0 Å². The minimum absolute atomic E-state index is 0.616. The molecule has 0 radical (unpaired) electrons. The summed E-state index contributed by atoms with van der Waals surface area (Å²) < 4.78 is 5.59. The Morgan fingerprint density at radius 1 is 0.941 bits per heavy atom. The van der Waals surface area contributed by atoms with Crippen LogP contribution in [0.5, 0.6) is 5.75 Å². The predicted molar refractivity (Wildman–Crippen MR) is 71.9 cm³/mol. The minimum Gasteiger partial charge on any atom is -0.493 e. The Kier molecular flexibility index (Phi) is 3.19. The summed E-state index contributed by atoms with van der Waals surface area (Å²) in [6.07, 6.45) is 0. The van der Waals surface area contributed by atoms with Crippen LogP contribution in [0.3, 0.4) is 0 Å². The van der Waals surface area contributed by atoms with Crippen LogP contribution in [0.4, 0.5) is 11.4 Å². The third kappa shape index (κ3) is 2.50. The summed E-state index contributed by atoms with van der Waals surface area (Å²) in [5.41, 5.74) is 15.0. The Bertz CT molecular complexity index is 506. The van der Waals surface area contributed by atoms with Crippen LogP contribution >= 0.6 is 0 Å². The Balaban J connectivity index is 2.46. The van der Waals surface area contributed by atoms with Crippen LogP contribution in [0.25, 0.3) is 11.1 Å². The average molecular weight is 228 g/mol. The molecule has 2 aromatic carbocycles. The van der Waals surface area contributed by atoms with Gasteiger partial charge in [-0.15, -0.1) is 0 Å². The quantitative estimate of drug-likeness (QED) is 0.794. The topological polar surface area (TPSA) is 61.3 Å². The summed E-state index contributed by atoms with van der Waals surface area (Å²) in [6.45, 7) is 2.57. The van der Waals surface area contributed by atoms with E-state index in [1.807, 2.05) is 49.4 Å². The van der Waals surface area contributed by atoms with Gasteiger partial charge in [-0.2, -0.15) is 0 Å². The van der Waals surface area contributed by atoms with Crippen molar-refractivity contribution >= 4 is 11.4 Å². The van der Waals surface area contributed by atoms with Crippen LogP contribution in [-0.4, -0.2) is 6.61 Å². The summed E-state index contributed by atoms with van der Waals surface area (Å²) in [7, 11) is 0. The smallest absolute Gasteiger partial charge is 0.129 e. The summed E-state index contributed by atoms with van der Waals surface area (Å²) in [5, 5.41) is 0. The zero-order chi connectivity index (χ0) is 12.3. The van der Waals surface area contributed by atoms with E-state index in [1.165, 1.54) is 0 Å². The maximum atomic E-state index is 5.76. The number of nitrogen functional groups attached to an aromatic ring is 2. The zero-order valence-electron chi connectivity index (χ0n) is 9.81. The highest BCUT2D eigenvalue weighted by Gasteiger charge is 2.06. The molecule has 0 amide bonds. The van der Waals surface area contributed by atoms with Crippen molar-refractivity contribution in [2.24, 2.45) is 0 Å². The molecule has 0 unspecified atom stereocenters. The lowest BCUT2D eigenvalue weighted by molar-refractivity contribution is 0.342. The maximum Gasteiger partial charge on any atom is 0.129 e. The van der Waals surface area contributed by atoms with E-state index in [-0.39, 0.29) is 0 Å². The van der Waals surface area contributed by atoms with Gasteiger partial charge < -0.3 is 16.2 Å². The molecule has 0 aliphatic rings. The van der Waals surface area contributed by atoms with E-state index in [4.69, 9.17) is 16.2 Å². The standard InChI is InChI=1S/C14H16N2O/c1-2-17-14-9-12(16)7-8-13(14)10-3-5-11(15)6-4-10/h3-9H,2,15-16H2,1H3. The van der Waals surface area contributed by atoms with Crippen LogP contribution < -0.4 is 16.2 Å². The minimum atomic E-state index is 0.616. The van der Waals surface area contributed by atoms with Crippen molar-refractivity contribution in [1.82, 2.24) is 0 Å². The van der Waals surface area contributed by atoms with Crippen LogP contribution in [0.1, 0.15) is 6.92 Å². The lowest BCUT2D eigenvalue weighted by Gasteiger charge is -2.11. The fourth-order valence-electron chi connectivity index (χ4n) is 1.72. The summed E-state index contributed by atoms with van der Waals surface area (Å²) in [6, 6.07) is 13.4. The molecule has 0 atom stereocenters. The maximum absolute atomic E-state index is 5.76. The van der Waals surface area contributed by atoms with Gasteiger partial charge in [-0.05, 0) is 36.8 Å². The molecule has 0 bridgehead atoms. The van der Waals surface area contributed by atoms with Crippen molar-refractivity contribution in [2.75, 3.05) is 18.1 Å². The van der Waals surface area contributed by atoms with Gasteiger partial charge in [0.25, 0.3) is 0 Å². The van der Waals surface area contributed by atoms with Crippen molar-refractivity contribution in [2.45, 2.75) is 6.92 Å². The fourth-order valence-corrected chi connectivity index (χ4v) is 1.72. The van der Waals surface area contributed by atoms with Gasteiger partial charge in [0.1, 0.15) is 5.75 Å². The molecule has 0 heterocycles. The first-order valence-corrected chi connectivity index (χ1v) is 5.59. The second-order valence-corrected chi connectivity index (χ2v) is 3.81. The van der Waals surface area contributed by atoms with Crippen molar-refractivity contribution in [1.29, 1.82) is 0 Å². The normalized spacial score (nSPS) is 10.2. The lowest BCUT2D eigenvalue weighted by Crippen LogP contribution is -1.96. The second kappa shape index (κ2) is 4.78. The Hall–Kier alpha value is -2.16. The Morgan fingerprint density at radius 3 is 2.24 bits per heavy atom. The molecule has 0 saturated carbocycles. The lowest BCUT2D eigenvalue weighted by atomic mass is 10.0. The van der Waals surface area contributed by atoms with Gasteiger partial charge in [0, 0.05) is 23.0 Å². The van der Waals surface area contributed by atoms with E-state index >= 15 is 0 Å². The molecule has 2 rings (SSSR count). The van der Waals surface area contributed by atoms with Crippen LogP contribution in [0, 0.1) is 0 Å². The SMILES string of the molecule is CCOc1cc(N)ccc1-c1ccc(N)cc1. The van der Waals surface area contributed by atoms with Crippen molar-refractivity contribution in [3.63, 3.8) is 0 Å². The summed E-state index contributed by atoms with van der Waals surface area (Å²) >= 11 is 0. The van der Waals surface area contributed by atoms with E-state index in [0.29, 0.717) is 12.3 Å². The number of nitrogens with two attached hydrogens (primary N) is 2. The average Bonchev–Trinajstić information content (AvgIpc) is 2.31. The first-order chi connectivity index (χ1) is 8.20. The molecule has 4 N–H and O–H groups in total. The van der Waals surface area contributed by atoms with Gasteiger partial charge in [0.05, 0.1) is 6.61 Å². The Labute approximate surface area is 101 Å². The largest absolute Gasteiger partial charge is 0.493 e. The molecule has 0 fully saturated rings. The molecule has 3 heteroatoms. The molecule has 0 aromatic heterocycles. The molecule has 0 saturated heterocycles. The van der Waals surface area contributed by atoms with Gasteiger partial charge in [-0.3, -0.25) is 0 Å². The second-order valence-electron chi connectivity index (χ2n) is 3.81. The van der Waals surface area contributed by atoms with E-state index in [9.17, 15) is 0 Å². The van der Waals surface area contributed by atoms with Crippen LogP contribution in [0.2, 0.25) is 0 Å². The highest BCUT2D eigenvalue weighted by Crippen LogP contribution is 2.32. The number of ether oxygens (including phenoxy) is 1. The molecule has 3 nitrogen and oxygen atoms in total. The predicted octanol–water partition coefficient (Wildman–Crippen LogP) is 2.92. The van der Waals surface area contributed by atoms with E-state index in [2.05, 4.69) is 0 Å². The first-order valence-electron chi connectivity index (χ1n) is 5.59. The van der Waals surface area contributed by atoms with Crippen molar-refractivity contribution < 1.29 is 4.74 Å². The molecule has 0 aliphatic carbocycles. The monoisotopic (exact) mass is 228 g/mol. The van der Waals surface area contributed by atoms with Crippen molar-refractivity contribution in [3.05, 3.63) is 42.5 Å². The van der Waals surface area contributed by atoms with Gasteiger partial charge in [0.15, 0.2) is 0 Å². The number of hydrogen-bond donors (Lipinski definition) is 2. The third-order valence-corrected chi connectivity index (χ3v) is 2.53. The fraction of sp³-hybridized carbons (Fsp3) is 0.143. The van der Waals surface area contributed by atoms with Crippen LogP contribution in [-0.2, 0) is 0 Å². The zero-order valence-corrected chi connectivity index (χ0v) is 9.81. The van der Waals surface area contributed by atoms with Crippen molar-refractivity contribution in [3.8, 4) is 16.9 Å². The van der Waals surface area contributed by atoms with E-state index < -0.39 is 0 Å². The third-order valence-electron chi connectivity index (χ3n) is 2.53. The van der Waals surface area contributed by atoms with Gasteiger partial charge >= 0.3 is 0 Å². The summed E-state index contributed by atoms with van der Waals surface area (Å²) in [4.78, 5) is 0. The number of rotatable bonds is 3. The molecule has 2 aromatic rings. The molecule has 88 valence electrons. The molecular formula is C14H16N2O. The summed E-state index contributed by atoms with van der Waals surface area (Å²) in [5.74, 6) is 0.803. The van der Waals surface area contributed by atoms with Crippen LogP contribution in [0.15, 0.2) is 42.5 Å². The van der Waals surface area contributed by atoms with Gasteiger partial charge in [0.2, 0.25) is 0 Å². The van der Waals surface area contributed by atoms with E-state index in [0.717, 1.165) is 22.6 Å². The molecule has 17 heavy (non-hydrogen) atoms. The first kappa shape index (κ1) is 11.3. The number of benzene rings is 2. The number of hydrogen-bond acceptors (Lipinski definition) is 3. The highest BCUT2D eigenvalue weighted by atomic mass is 16.5. The molecule has 0 aliphatic heterocycles. The Morgan fingerprint density at radius 2 is 1.59 bits per heavy atom. The van der Waals surface area contributed by atoms with Gasteiger partial charge in [-0.25, -0.2) is 0 Å². The number of anilines is 2.